The van der Waals surface area contributed by atoms with Crippen molar-refractivity contribution in [2.45, 2.75) is 6.54 Å². The van der Waals surface area contributed by atoms with Gasteiger partial charge in [-0.1, -0.05) is 34.8 Å². The third-order valence-corrected chi connectivity index (χ3v) is 4.63. The molecule has 2 amide bonds. The van der Waals surface area contributed by atoms with Crippen LogP contribution in [0.1, 0.15) is 15.9 Å². The van der Waals surface area contributed by atoms with Gasteiger partial charge in [-0.15, -0.1) is 0 Å². The molecule has 26 heavy (non-hydrogen) atoms. The van der Waals surface area contributed by atoms with Gasteiger partial charge in [0.1, 0.15) is 5.75 Å². The standard InChI is InChI=1S/C18H17Cl3N2O3/c1-23(10-12-7-13(19)4-6-16(12)26-2)17(24)9-22-18(25)11-3-5-14(20)15(21)8-11/h3-8H,9-10H2,1-2H3,(H,22,25). The van der Waals surface area contributed by atoms with E-state index in [1.807, 2.05) is 0 Å². The fourth-order valence-corrected chi connectivity index (χ4v) is 2.74. The minimum Gasteiger partial charge on any atom is -0.496 e. The molecular weight excluding hydrogens is 399 g/mol. The molecule has 0 aliphatic heterocycles. The summed E-state index contributed by atoms with van der Waals surface area (Å²) in [5.74, 6) is -0.0417. The molecule has 0 spiro atoms. The van der Waals surface area contributed by atoms with Gasteiger partial charge in [0.25, 0.3) is 5.91 Å². The summed E-state index contributed by atoms with van der Waals surface area (Å²) in [5.41, 5.74) is 1.10. The van der Waals surface area contributed by atoms with E-state index in [0.717, 1.165) is 5.56 Å². The first-order valence-corrected chi connectivity index (χ1v) is 8.75. The van der Waals surface area contributed by atoms with Crippen molar-refractivity contribution < 1.29 is 14.3 Å². The molecule has 0 saturated heterocycles. The molecule has 138 valence electrons. The number of ether oxygens (including phenoxy) is 1. The monoisotopic (exact) mass is 414 g/mol. The number of benzene rings is 2. The van der Waals surface area contributed by atoms with Crippen LogP contribution in [-0.2, 0) is 11.3 Å². The Morgan fingerprint density at radius 2 is 1.81 bits per heavy atom. The van der Waals surface area contributed by atoms with Crippen molar-refractivity contribution in [2.75, 3.05) is 20.7 Å². The number of carbonyl (C=O) groups excluding carboxylic acids is 2. The Labute approximate surface area is 166 Å². The minimum atomic E-state index is -0.411. The van der Waals surface area contributed by atoms with E-state index in [1.165, 1.54) is 23.1 Å². The Kier molecular flexibility index (Phi) is 7.14. The van der Waals surface area contributed by atoms with E-state index >= 15 is 0 Å². The summed E-state index contributed by atoms with van der Waals surface area (Å²) < 4.78 is 5.27. The molecule has 1 N–H and O–H groups in total. The second-order valence-corrected chi connectivity index (χ2v) is 6.77. The van der Waals surface area contributed by atoms with E-state index in [4.69, 9.17) is 39.5 Å². The van der Waals surface area contributed by atoms with Crippen molar-refractivity contribution in [1.82, 2.24) is 10.2 Å². The highest BCUT2D eigenvalue weighted by Gasteiger charge is 2.15. The zero-order valence-electron chi connectivity index (χ0n) is 14.2. The van der Waals surface area contributed by atoms with Gasteiger partial charge in [0, 0.05) is 29.7 Å². The predicted octanol–water partition coefficient (Wildman–Crippen LogP) is 4.04. The first-order valence-electron chi connectivity index (χ1n) is 7.61. The van der Waals surface area contributed by atoms with E-state index in [9.17, 15) is 9.59 Å². The molecule has 0 unspecified atom stereocenters. The number of carbonyl (C=O) groups is 2. The number of rotatable bonds is 6. The largest absolute Gasteiger partial charge is 0.496 e. The van der Waals surface area contributed by atoms with Gasteiger partial charge in [-0.25, -0.2) is 0 Å². The Morgan fingerprint density at radius 3 is 2.46 bits per heavy atom. The van der Waals surface area contributed by atoms with Crippen LogP contribution in [0.3, 0.4) is 0 Å². The lowest BCUT2D eigenvalue weighted by molar-refractivity contribution is -0.129. The Bertz CT molecular complexity index is 827. The lowest BCUT2D eigenvalue weighted by Gasteiger charge is -2.19. The topological polar surface area (TPSA) is 58.6 Å². The fourth-order valence-electron chi connectivity index (χ4n) is 2.24. The zero-order chi connectivity index (χ0) is 19.3. The highest BCUT2D eigenvalue weighted by atomic mass is 35.5. The quantitative estimate of drug-likeness (QED) is 0.774. The van der Waals surface area contributed by atoms with Crippen LogP contribution in [0.25, 0.3) is 0 Å². The molecule has 0 aliphatic rings. The second-order valence-electron chi connectivity index (χ2n) is 5.52. The van der Waals surface area contributed by atoms with Crippen LogP contribution in [-0.4, -0.2) is 37.4 Å². The first-order chi connectivity index (χ1) is 12.3. The van der Waals surface area contributed by atoms with Crippen molar-refractivity contribution >= 4 is 46.6 Å². The van der Waals surface area contributed by atoms with Crippen LogP contribution >= 0.6 is 34.8 Å². The third-order valence-electron chi connectivity index (χ3n) is 3.66. The molecule has 8 heteroatoms. The number of hydrogen-bond acceptors (Lipinski definition) is 3. The van der Waals surface area contributed by atoms with Crippen molar-refractivity contribution in [3.05, 3.63) is 62.6 Å². The summed E-state index contributed by atoms with van der Waals surface area (Å²) >= 11 is 17.7. The molecule has 5 nitrogen and oxygen atoms in total. The van der Waals surface area contributed by atoms with Crippen LogP contribution in [0.15, 0.2) is 36.4 Å². The van der Waals surface area contributed by atoms with E-state index < -0.39 is 5.91 Å². The van der Waals surface area contributed by atoms with Gasteiger partial charge in [-0.2, -0.15) is 0 Å². The Balaban J connectivity index is 1.96. The van der Waals surface area contributed by atoms with Gasteiger partial charge in [-0.3, -0.25) is 9.59 Å². The lowest BCUT2D eigenvalue weighted by Crippen LogP contribution is -2.37. The van der Waals surface area contributed by atoms with E-state index in [0.29, 0.717) is 27.9 Å². The van der Waals surface area contributed by atoms with E-state index in [1.54, 1.807) is 32.4 Å². The average molecular weight is 416 g/mol. The van der Waals surface area contributed by atoms with Gasteiger partial charge in [0.15, 0.2) is 0 Å². The molecular formula is C18H17Cl3N2O3. The summed E-state index contributed by atoms with van der Waals surface area (Å²) in [6.07, 6.45) is 0. The normalized spacial score (nSPS) is 10.3. The van der Waals surface area contributed by atoms with Crippen molar-refractivity contribution in [3.63, 3.8) is 0 Å². The lowest BCUT2D eigenvalue weighted by atomic mass is 10.2. The van der Waals surface area contributed by atoms with Crippen LogP contribution in [0.5, 0.6) is 5.75 Å². The molecule has 2 rings (SSSR count). The number of nitrogens with one attached hydrogen (secondary N) is 1. The molecule has 0 heterocycles. The second kappa shape index (κ2) is 9.12. The van der Waals surface area contributed by atoms with Gasteiger partial charge >= 0.3 is 0 Å². The van der Waals surface area contributed by atoms with Crippen LogP contribution < -0.4 is 10.1 Å². The highest BCUT2D eigenvalue weighted by Crippen LogP contribution is 2.24. The maximum atomic E-state index is 12.3. The van der Waals surface area contributed by atoms with Crippen molar-refractivity contribution in [1.29, 1.82) is 0 Å². The predicted molar refractivity (Wildman–Crippen MR) is 103 cm³/mol. The molecule has 2 aromatic carbocycles. The summed E-state index contributed by atoms with van der Waals surface area (Å²) in [6, 6.07) is 9.70. The summed E-state index contributed by atoms with van der Waals surface area (Å²) in [5, 5.41) is 3.74. The van der Waals surface area contributed by atoms with Crippen LogP contribution in [0.4, 0.5) is 0 Å². The van der Waals surface area contributed by atoms with Crippen molar-refractivity contribution in [2.24, 2.45) is 0 Å². The number of likely N-dealkylation sites (N-methyl/N-ethyl adjacent to an activating group) is 1. The molecule has 0 radical (unpaired) electrons. The number of halogens is 3. The zero-order valence-corrected chi connectivity index (χ0v) is 16.5. The number of hydrogen-bond donors (Lipinski definition) is 1. The highest BCUT2D eigenvalue weighted by molar-refractivity contribution is 6.42. The molecule has 2 aromatic rings. The van der Waals surface area contributed by atoms with E-state index in [2.05, 4.69) is 5.32 Å². The Hall–Kier alpha value is -1.95. The van der Waals surface area contributed by atoms with Gasteiger partial charge in [-0.05, 0) is 36.4 Å². The Morgan fingerprint density at radius 1 is 1.08 bits per heavy atom. The number of methoxy groups -OCH3 is 1. The van der Waals surface area contributed by atoms with Crippen molar-refractivity contribution in [3.8, 4) is 5.75 Å². The SMILES string of the molecule is COc1ccc(Cl)cc1CN(C)C(=O)CNC(=O)c1ccc(Cl)c(Cl)c1. The fraction of sp³-hybridized carbons (Fsp3) is 0.222. The maximum absolute atomic E-state index is 12.3. The first kappa shape index (κ1) is 20.4. The number of amides is 2. The van der Waals surface area contributed by atoms with Crippen LogP contribution in [0.2, 0.25) is 15.1 Å². The third kappa shape index (κ3) is 5.27. The molecule has 0 saturated carbocycles. The smallest absolute Gasteiger partial charge is 0.251 e. The maximum Gasteiger partial charge on any atom is 0.251 e. The van der Waals surface area contributed by atoms with E-state index in [-0.39, 0.29) is 17.5 Å². The van der Waals surface area contributed by atoms with Gasteiger partial charge in [0.05, 0.1) is 23.7 Å². The molecule has 0 fully saturated rings. The van der Waals surface area contributed by atoms with Gasteiger partial charge in [0.2, 0.25) is 5.91 Å². The summed E-state index contributed by atoms with van der Waals surface area (Å²) in [6.45, 7) is 0.143. The van der Waals surface area contributed by atoms with Crippen LogP contribution in [0, 0.1) is 0 Å². The summed E-state index contributed by atoms with van der Waals surface area (Å²) in [7, 11) is 3.18. The molecule has 0 bridgehead atoms. The molecule has 0 aliphatic carbocycles. The molecule has 0 atom stereocenters. The van der Waals surface area contributed by atoms with Gasteiger partial charge < -0.3 is 15.0 Å². The minimum absolute atomic E-state index is 0.154. The summed E-state index contributed by atoms with van der Waals surface area (Å²) in [4.78, 5) is 25.9. The number of nitrogens with zero attached hydrogens (tertiary/aromatic N) is 1. The average Bonchev–Trinajstić information content (AvgIpc) is 2.61. The molecule has 0 aromatic heterocycles.